The molecule has 33 heavy (non-hydrogen) atoms. The number of hydrogen-bond donors (Lipinski definition) is 1. The number of para-hydroxylation sites is 1. The van der Waals surface area contributed by atoms with Crippen molar-refractivity contribution < 1.29 is 9.53 Å². The second-order valence-electron chi connectivity index (χ2n) is 8.31. The summed E-state index contributed by atoms with van der Waals surface area (Å²) in [5.74, 6) is 1.68. The zero-order valence-electron chi connectivity index (χ0n) is 18.3. The van der Waals surface area contributed by atoms with Crippen molar-refractivity contribution in [3.05, 3.63) is 94.2 Å². The average Bonchev–Trinajstić information content (AvgIpc) is 3.67. The van der Waals surface area contributed by atoms with Crippen LogP contribution in [0.4, 0.5) is 0 Å². The fourth-order valence-corrected chi connectivity index (χ4v) is 3.68. The smallest absolute Gasteiger partial charge is 0.265 e. The highest BCUT2D eigenvalue weighted by Crippen LogP contribution is 2.29. The molecule has 0 radical (unpaired) electrons. The van der Waals surface area contributed by atoms with Crippen LogP contribution in [0.2, 0.25) is 0 Å². The van der Waals surface area contributed by atoms with E-state index >= 15 is 0 Å². The molecule has 2 heterocycles. The monoisotopic (exact) mass is 440 g/mol. The normalized spacial score (nSPS) is 13.1. The Labute approximate surface area is 191 Å². The van der Waals surface area contributed by atoms with Gasteiger partial charge in [0.05, 0.1) is 23.2 Å². The van der Waals surface area contributed by atoms with E-state index in [-0.39, 0.29) is 11.5 Å². The Morgan fingerprint density at radius 1 is 1.09 bits per heavy atom. The number of nitrogens with one attached hydrogen (secondary N) is 1. The van der Waals surface area contributed by atoms with E-state index in [4.69, 9.17) is 4.74 Å². The molecule has 1 aliphatic rings. The summed E-state index contributed by atoms with van der Waals surface area (Å²) in [7, 11) is 0. The Balaban J connectivity index is 1.25. The lowest BCUT2D eigenvalue weighted by Crippen LogP contribution is -2.24. The van der Waals surface area contributed by atoms with Gasteiger partial charge in [-0.05, 0) is 67.6 Å². The maximum atomic E-state index is 13.0. The van der Waals surface area contributed by atoms with E-state index in [1.165, 1.54) is 12.8 Å². The molecule has 0 atom stereocenters. The number of carbonyl (C=O) groups is 1. The van der Waals surface area contributed by atoms with Crippen LogP contribution in [0.1, 0.15) is 34.6 Å². The highest BCUT2D eigenvalue weighted by Gasteiger charge is 2.22. The molecule has 0 aliphatic heterocycles. The largest absolute Gasteiger partial charge is 0.477 e. The zero-order valence-corrected chi connectivity index (χ0v) is 18.3. The average molecular weight is 441 g/mol. The van der Waals surface area contributed by atoms with E-state index in [0.29, 0.717) is 46.3 Å². The van der Waals surface area contributed by atoms with Crippen molar-refractivity contribution in [1.29, 1.82) is 0 Å². The SMILES string of the molecule is Cc1nc2ccccc2c(=O)n1-c1ccc(C(=O)NCc2ccc(OCC3CC3)nc2)cc1. The minimum absolute atomic E-state index is 0.132. The topological polar surface area (TPSA) is 86.1 Å². The van der Waals surface area contributed by atoms with Gasteiger partial charge in [-0.3, -0.25) is 14.2 Å². The van der Waals surface area contributed by atoms with Gasteiger partial charge < -0.3 is 10.1 Å². The molecule has 0 spiro atoms. The van der Waals surface area contributed by atoms with Gasteiger partial charge in [-0.1, -0.05) is 18.2 Å². The first kappa shape index (κ1) is 20.9. The first-order valence-corrected chi connectivity index (χ1v) is 11.0. The van der Waals surface area contributed by atoms with E-state index in [9.17, 15) is 9.59 Å². The maximum absolute atomic E-state index is 13.0. The predicted molar refractivity (Wildman–Crippen MR) is 126 cm³/mol. The Kier molecular flexibility index (Phi) is 5.60. The number of benzene rings is 2. The molecule has 1 aliphatic carbocycles. The van der Waals surface area contributed by atoms with E-state index in [1.54, 1.807) is 48.0 Å². The number of hydrogen-bond acceptors (Lipinski definition) is 5. The van der Waals surface area contributed by atoms with Crippen molar-refractivity contribution in [3.8, 4) is 11.6 Å². The van der Waals surface area contributed by atoms with Crippen LogP contribution >= 0.6 is 0 Å². The molecule has 1 amide bonds. The summed E-state index contributed by atoms with van der Waals surface area (Å²) in [6.45, 7) is 2.88. The molecule has 1 fully saturated rings. The fraction of sp³-hybridized carbons (Fsp3) is 0.231. The lowest BCUT2D eigenvalue weighted by atomic mass is 10.1. The van der Waals surface area contributed by atoms with Crippen molar-refractivity contribution >= 4 is 16.8 Å². The van der Waals surface area contributed by atoms with Crippen LogP contribution in [-0.2, 0) is 6.54 Å². The molecule has 4 aromatic rings. The summed E-state index contributed by atoms with van der Waals surface area (Å²) in [5, 5.41) is 3.46. The highest BCUT2D eigenvalue weighted by molar-refractivity contribution is 5.94. The first-order valence-electron chi connectivity index (χ1n) is 11.0. The van der Waals surface area contributed by atoms with Gasteiger partial charge in [-0.2, -0.15) is 0 Å². The molecular formula is C26H24N4O3. The molecule has 0 bridgehead atoms. The van der Waals surface area contributed by atoms with Crippen molar-refractivity contribution in [2.45, 2.75) is 26.3 Å². The standard InChI is InChI=1S/C26H24N4O3/c1-17-29-23-5-3-2-4-22(23)26(32)30(17)21-11-9-20(10-12-21)25(31)28-15-19-8-13-24(27-14-19)33-16-18-6-7-18/h2-5,8-14,18H,6-7,15-16H2,1H3,(H,28,31). The van der Waals surface area contributed by atoms with Crippen LogP contribution in [-0.4, -0.2) is 27.0 Å². The third kappa shape index (κ3) is 4.62. The van der Waals surface area contributed by atoms with Gasteiger partial charge in [-0.25, -0.2) is 9.97 Å². The lowest BCUT2D eigenvalue weighted by molar-refractivity contribution is 0.0951. The molecule has 5 rings (SSSR count). The molecule has 2 aromatic heterocycles. The van der Waals surface area contributed by atoms with Crippen LogP contribution in [0.25, 0.3) is 16.6 Å². The van der Waals surface area contributed by atoms with Gasteiger partial charge >= 0.3 is 0 Å². The highest BCUT2D eigenvalue weighted by atomic mass is 16.5. The number of ether oxygens (including phenoxy) is 1. The first-order chi connectivity index (χ1) is 16.1. The van der Waals surface area contributed by atoms with E-state index in [0.717, 1.165) is 12.2 Å². The van der Waals surface area contributed by atoms with Gasteiger partial charge in [0, 0.05) is 24.4 Å². The molecule has 7 nitrogen and oxygen atoms in total. The Morgan fingerprint density at radius 3 is 2.61 bits per heavy atom. The Bertz CT molecular complexity index is 1360. The number of pyridine rings is 1. The van der Waals surface area contributed by atoms with Gasteiger partial charge in [-0.15, -0.1) is 0 Å². The van der Waals surface area contributed by atoms with Gasteiger partial charge in [0.25, 0.3) is 11.5 Å². The molecule has 0 unspecified atom stereocenters. The number of aryl methyl sites for hydroxylation is 1. The maximum Gasteiger partial charge on any atom is 0.265 e. The van der Waals surface area contributed by atoms with Gasteiger partial charge in [0.1, 0.15) is 5.82 Å². The van der Waals surface area contributed by atoms with E-state index < -0.39 is 0 Å². The van der Waals surface area contributed by atoms with Crippen LogP contribution in [0.5, 0.6) is 5.88 Å². The fourth-order valence-electron chi connectivity index (χ4n) is 3.68. The van der Waals surface area contributed by atoms with Crippen molar-refractivity contribution in [3.63, 3.8) is 0 Å². The number of nitrogens with zero attached hydrogens (tertiary/aromatic N) is 3. The summed E-state index contributed by atoms with van der Waals surface area (Å²) in [5.41, 5.74) is 2.61. The van der Waals surface area contributed by atoms with E-state index in [2.05, 4.69) is 15.3 Å². The summed E-state index contributed by atoms with van der Waals surface area (Å²) in [6, 6.07) is 17.9. The van der Waals surface area contributed by atoms with E-state index in [1.807, 2.05) is 30.3 Å². The van der Waals surface area contributed by atoms with Crippen molar-refractivity contribution in [2.24, 2.45) is 5.92 Å². The van der Waals surface area contributed by atoms with Crippen LogP contribution < -0.4 is 15.6 Å². The Hall–Kier alpha value is -4.00. The molecule has 2 aromatic carbocycles. The second kappa shape index (κ2) is 8.86. The minimum Gasteiger partial charge on any atom is -0.477 e. The van der Waals surface area contributed by atoms with Crippen LogP contribution in [0.15, 0.2) is 71.7 Å². The third-order valence-electron chi connectivity index (χ3n) is 5.75. The third-order valence-corrected chi connectivity index (χ3v) is 5.75. The molecule has 1 saturated carbocycles. The molecule has 7 heteroatoms. The van der Waals surface area contributed by atoms with Crippen LogP contribution in [0.3, 0.4) is 0 Å². The van der Waals surface area contributed by atoms with Crippen molar-refractivity contribution in [2.75, 3.05) is 6.61 Å². The zero-order chi connectivity index (χ0) is 22.8. The lowest BCUT2D eigenvalue weighted by Gasteiger charge is -2.12. The summed E-state index contributed by atoms with van der Waals surface area (Å²) < 4.78 is 7.20. The number of amides is 1. The molecular weight excluding hydrogens is 416 g/mol. The van der Waals surface area contributed by atoms with Crippen molar-refractivity contribution in [1.82, 2.24) is 19.9 Å². The number of fused-ring (bicyclic) bond motifs is 1. The number of carbonyl (C=O) groups excluding carboxylic acids is 1. The second-order valence-corrected chi connectivity index (χ2v) is 8.31. The Morgan fingerprint density at radius 2 is 1.88 bits per heavy atom. The number of aromatic nitrogens is 3. The predicted octanol–water partition coefficient (Wildman–Crippen LogP) is 3.81. The number of rotatable bonds is 7. The van der Waals surface area contributed by atoms with Gasteiger partial charge in [0.15, 0.2) is 0 Å². The minimum atomic E-state index is -0.198. The summed E-state index contributed by atoms with van der Waals surface area (Å²) in [4.78, 5) is 34.4. The van der Waals surface area contributed by atoms with Gasteiger partial charge in [0.2, 0.25) is 5.88 Å². The molecule has 0 saturated heterocycles. The quantitative estimate of drug-likeness (QED) is 0.472. The molecule has 1 N–H and O–H groups in total. The van der Waals surface area contributed by atoms with Crippen LogP contribution in [0, 0.1) is 12.8 Å². The summed E-state index contributed by atoms with van der Waals surface area (Å²) >= 11 is 0. The summed E-state index contributed by atoms with van der Waals surface area (Å²) in [6.07, 6.45) is 4.19. The molecule has 166 valence electrons.